The number of carbonyl (C=O) groups is 1. The molecule has 0 spiro atoms. The van der Waals surface area contributed by atoms with Crippen molar-refractivity contribution in [3.63, 3.8) is 0 Å². The topological polar surface area (TPSA) is 56.8 Å². The minimum Gasteiger partial charge on any atom is -0.493 e. The Labute approximate surface area is 165 Å². The Kier molecular flexibility index (Phi) is 7.80. The van der Waals surface area contributed by atoms with Crippen LogP contribution in [0.5, 0.6) is 17.2 Å². The second-order valence-electron chi connectivity index (χ2n) is 6.20. The fraction of sp³-hybridized carbons (Fsp3) is 0.381. The average Bonchev–Trinajstić information content (AvgIpc) is 2.67. The van der Waals surface area contributed by atoms with Gasteiger partial charge in [-0.05, 0) is 62.2 Å². The maximum Gasteiger partial charge on any atom is 0.261 e. The molecule has 0 saturated carbocycles. The highest BCUT2D eigenvalue weighted by atomic mass is 35.5. The van der Waals surface area contributed by atoms with Gasteiger partial charge in [-0.1, -0.05) is 24.6 Å². The molecule has 5 nitrogen and oxygen atoms in total. The molecule has 2 rings (SSSR count). The van der Waals surface area contributed by atoms with Crippen LogP contribution in [-0.4, -0.2) is 25.7 Å². The average molecular weight is 392 g/mol. The Morgan fingerprint density at radius 3 is 2.44 bits per heavy atom. The van der Waals surface area contributed by atoms with Crippen LogP contribution in [-0.2, 0) is 4.79 Å². The fourth-order valence-corrected chi connectivity index (χ4v) is 2.60. The molecule has 6 heteroatoms. The zero-order chi connectivity index (χ0) is 19.8. The molecule has 0 aromatic heterocycles. The van der Waals surface area contributed by atoms with Gasteiger partial charge in [-0.3, -0.25) is 4.79 Å². The number of benzene rings is 2. The molecule has 0 aliphatic rings. The van der Waals surface area contributed by atoms with Gasteiger partial charge in [0.15, 0.2) is 17.6 Å². The van der Waals surface area contributed by atoms with Gasteiger partial charge in [0.25, 0.3) is 5.91 Å². The van der Waals surface area contributed by atoms with Gasteiger partial charge in [0.05, 0.1) is 19.8 Å². The van der Waals surface area contributed by atoms with Crippen molar-refractivity contribution in [2.45, 2.75) is 39.3 Å². The Bertz CT molecular complexity index is 748. The molecule has 0 saturated heterocycles. The first-order valence-corrected chi connectivity index (χ1v) is 9.35. The van der Waals surface area contributed by atoms with Crippen LogP contribution in [0.1, 0.15) is 38.8 Å². The number of ether oxygens (including phenoxy) is 3. The van der Waals surface area contributed by atoms with Crippen molar-refractivity contribution in [3.8, 4) is 17.2 Å². The molecule has 0 fully saturated rings. The minimum atomic E-state index is -0.636. The summed E-state index contributed by atoms with van der Waals surface area (Å²) in [6.45, 7) is 6.29. The molecule has 0 heterocycles. The molecular weight excluding hydrogens is 366 g/mol. The number of amides is 1. The van der Waals surface area contributed by atoms with Crippen LogP contribution in [0.4, 0.5) is 0 Å². The summed E-state index contributed by atoms with van der Waals surface area (Å²) in [6.07, 6.45) is 0.283. The Morgan fingerprint density at radius 2 is 1.81 bits per heavy atom. The molecule has 2 aromatic carbocycles. The molecule has 1 amide bonds. The van der Waals surface area contributed by atoms with Crippen molar-refractivity contribution >= 4 is 17.5 Å². The minimum absolute atomic E-state index is 0.206. The molecule has 146 valence electrons. The van der Waals surface area contributed by atoms with Crippen LogP contribution >= 0.6 is 11.6 Å². The van der Waals surface area contributed by atoms with Crippen LogP contribution in [0.25, 0.3) is 0 Å². The van der Waals surface area contributed by atoms with E-state index < -0.39 is 6.10 Å². The monoisotopic (exact) mass is 391 g/mol. The van der Waals surface area contributed by atoms with Gasteiger partial charge in [0.2, 0.25) is 0 Å². The van der Waals surface area contributed by atoms with E-state index in [-0.39, 0.29) is 11.9 Å². The molecule has 2 unspecified atom stereocenters. The van der Waals surface area contributed by atoms with Gasteiger partial charge in [0, 0.05) is 5.02 Å². The molecule has 27 heavy (non-hydrogen) atoms. The number of methoxy groups -OCH3 is 1. The lowest BCUT2D eigenvalue weighted by Crippen LogP contribution is -2.37. The molecule has 0 radical (unpaired) electrons. The third-order valence-electron chi connectivity index (χ3n) is 4.00. The summed E-state index contributed by atoms with van der Waals surface area (Å²) in [4.78, 5) is 12.4. The molecule has 1 N–H and O–H groups in total. The summed E-state index contributed by atoms with van der Waals surface area (Å²) in [7, 11) is 1.60. The number of nitrogens with one attached hydrogen (secondary N) is 1. The highest BCUT2D eigenvalue weighted by Crippen LogP contribution is 2.30. The zero-order valence-corrected chi connectivity index (χ0v) is 16.9. The van der Waals surface area contributed by atoms with Gasteiger partial charge >= 0.3 is 0 Å². The molecule has 0 bridgehead atoms. The van der Waals surface area contributed by atoms with E-state index in [2.05, 4.69) is 5.32 Å². The second kappa shape index (κ2) is 10.1. The Morgan fingerprint density at radius 1 is 1.11 bits per heavy atom. The first-order valence-electron chi connectivity index (χ1n) is 8.98. The van der Waals surface area contributed by atoms with Gasteiger partial charge in [-0.25, -0.2) is 0 Å². The Balaban J connectivity index is 1.99. The van der Waals surface area contributed by atoms with Crippen molar-refractivity contribution in [1.82, 2.24) is 5.32 Å². The second-order valence-corrected chi connectivity index (χ2v) is 6.64. The molecular formula is C21H26ClNO4. The quantitative estimate of drug-likeness (QED) is 0.668. The summed E-state index contributed by atoms with van der Waals surface area (Å²) in [6, 6.07) is 12.4. The van der Waals surface area contributed by atoms with E-state index >= 15 is 0 Å². The summed E-state index contributed by atoms with van der Waals surface area (Å²) in [5.41, 5.74) is 0.919. The third-order valence-corrected chi connectivity index (χ3v) is 4.26. The van der Waals surface area contributed by atoms with Crippen molar-refractivity contribution in [1.29, 1.82) is 0 Å². The van der Waals surface area contributed by atoms with Crippen LogP contribution in [0.15, 0.2) is 42.5 Å². The van der Waals surface area contributed by atoms with Crippen molar-refractivity contribution in [2.75, 3.05) is 13.7 Å². The number of hydrogen-bond donors (Lipinski definition) is 1. The summed E-state index contributed by atoms with van der Waals surface area (Å²) in [5.74, 6) is 1.73. The molecule has 0 aliphatic carbocycles. The summed E-state index contributed by atoms with van der Waals surface area (Å²) in [5, 5.41) is 3.57. The lowest BCUT2D eigenvalue weighted by atomic mass is 10.1. The van der Waals surface area contributed by atoms with E-state index in [0.717, 1.165) is 12.0 Å². The van der Waals surface area contributed by atoms with E-state index in [4.69, 9.17) is 25.8 Å². The van der Waals surface area contributed by atoms with Gasteiger partial charge < -0.3 is 19.5 Å². The predicted octanol–water partition coefficient (Wildman–Crippen LogP) is 4.78. The molecule has 2 atom stereocenters. The molecule has 0 aliphatic heterocycles. The number of rotatable bonds is 9. The van der Waals surface area contributed by atoms with Gasteiger partial charge in [-0.2, -0.15) is 0 Å². The highest BCUT2D eigenvalue weighted by Gasteiger charge is 2.19. The lowest BCUT2D eigenvalue weighted by Gasteiger charge is -2.20. The van der Waals surface area contributed by atoms with E-state index in [9.17, 15) is 4.79 Å². The van der Waals surface area contributed by atoms with Gasteiger partial charge in [-0.15, -0.1) is 0 Å². The first kappa shape index (κ1) is 20.9. The van der Waals surface area contributed by atoms with Crippen molar-refractivity contribution in [3.05, 3.63) is 53.1 Å². The Hall–Kier alpha value is -2.40. The lowest BCUT2D eigenvalue weighted by molar-refractivity contribution is -0.127. The number of halogens is 1. The largest absolute Gasteiger partial charge is 0.493 e. The van der Waals surface area contributed by atoms with E-state index in [1.807, 2.05) is 32.0 Å². The fourth-order valence-electron chi connectivity index (χ4n) is 2.47. The standard InChI is InChI=1S/C21H26ClNO4/c1-5-12-26-19-11-6-16(13-20(19)25-4)14(2)23-21(24)15(3)27-18-9-7-17(22)8-10-18/h6-11,13-15H,5,12H2,1-4H3,(H,23,24). The smallest absolute Gasteiger partial charge is 0.261 e. The summed E-state index contributed by atoms with van der Waals surface area (Å²) >= 11 is 5.86. The van der Waals surface area contributed by atoms with Gasteiger partial charge in [0.1, 0.15) is 5.75 Å². The molecule has 2 aromatic rings. The third kappa shape index (κ3) is 6.07. The van der Waals surface area contributed by atoms with Crippen LogP contribution in [0.3, 0.4) is 0 Å². The zero-order valence-electron chi connectivity index (χ0n) is 16.1. The van der Waals surface area contributed by atoms with E-state index in [0.29, 0.717) is 28.9 Å². The SMILES string of the molecule is CCCOc1ccc(C(C)NC(=O)C(C)Oc2ccc(Cl)cc2)cc1OC. The summed E-state index contributed by atoms with van der Waals surface area (Å²) < 4.78 is 16.7. The maximum atomic E-state index is 12.4. The van der Waals surface area contributed by atoms with Crippen molar-refractivity contribution < 1.29 is 19.0 Å². The van der Waals surface area contributed by atoms with Crippen LogP contribution in [0, 0.1) is 0 Å². The maximum absolute atomic E-state index is 12.4. The van der Waals surface area contributed by atoms with Crippen LogP contribution in [0.2, 0.25) is 5.02 Å². The first-order chi connectivity index (χ1) is 12.9. The number of carbonyl (C=O) groups excluding carboxylic acids is 1. The van der Waals surface area contributed by atoms with E-state index in [1.165, 1.54) is 0 Å². The highest BCUT2D eigenvalue weighted by molar-refractivity contribution is 6.30. The van der Waals surface area contributed by atoms with Crippen LogP contribution < -0.4 is 19.5 Å². The predicted molar refractivity (Wildman–Crippen MR) is 107 cm³/mol. The number of hydrogen-bond acceptors (Lipinski definition) is 4. The normalized spacial score (nSPS) is 12.8. The van der Waals surface area contributed by atoms with E-state index in [1.54, 1.807) is 38.3 Å². The van der Waals surface area contributed by atoms with Crippen molar-refractivity contribution in [2.24, 2.45) is 0 Å².